The van der Waals surface area contributed by atoms with E-state index in [1.165, 1.54) is 73.3 Å². The van der Waals surface area contributed by atoms with Crippen molar-refractivity contribution in [3.63, 3.8) is 0 Å². The normalized spacial score (nSPS) is 14.4. The van der Waals surface area contributed by atoms with E-state index in [9.17, 15) is 22.8 Å². The minimum Gasteiger partial charge on any atom is -0.491 e. The number of carbonyl (C=O) groups is 2. The van der Waals surface area contributed by atoms with Crippen LogP contribution in [-0.2, 0) is 37.0 Å². The lowest BCUT2D eigenvalue weighted by Gasteiger charge is -2.32. The van der Waals surface area contributed by atoms with Gasteiger partial charge in [0.25, 0.3) is 0 Å². The van der Waals surface area contributed by atoms with Gasteiger partial charge >= 0.3 is 6.36 Å². The summed E-state index contributed by atoms with van der Waals surface area (Å²) in [6.07, 6.45) is -0.140. The molecule has 390 valence electrons. The fourth-order valence-electron chi connectivity index (χ4n) is 7.93. The molecule has 0 unspecified atom stereocenters. The zero-order valence-electron chi connectivity index (χ0n) is 40.1. The molecule has 0 aliphatic carbocycles. The number of anilines is 8. The second-order valence-corrected chi connectivity index (χ2v) is 17.1. The molecule has 2 fully saturated rings. The number of methoxy groups -OCH3 is 1. The predicted octanol–water partition coefficient (Wildman–Crippen LogP) is 8.47. The molecule has 0 atom stereocenters. The SMILES string of the molecule is COCCOc1ccc(COC2CCN(c3ncnc(Nc4cccc(NC(=O)CCC(=O)Nc5cccc(Nc6ncnc(N7CCC(OCc8ccc(OC(F)(F)F)cc8)CC7)n6)c5F)c4F)n3)CC2)cc1. The predicted molar refractivity (Wildman–Crippen MR) is 262 cm³/mol. The van der Waals surface area contributed by atoms with Crippen LogP contribution in [0.25, 0.3) is 0 Å². The third-order valence-electron chi connectivity index (χ3n) is 11.8. The lowest BCUT2D eigenvalue weighted by molar-refractivity contribution is -0.274. The molecule has 6 aromatic rings. The number of ether oxygens (including phenoxy) is 5. The average Bonchev–Trinajstić information content (AvgIpc) is 3.40. The number of benzene rings is 4. The zero-order chi connectivity index (χ0) is 51.9. The van der Waals surface area contributed by atoms with Crippen molar-refractivity contribution in [1.82, 2.24) is 29.9 Å². The molecule has 74 heavy (non-hydrogen) atoms. The molecule has 24 heteroatoms. The van der Waals surface area contributed by atoms with E-state index < -0.39 is 29.8 Å². The van der Waals surface area contributed by atoms with Crippen molar-refractivity contribution in [2.75, 3.05) is 77.6 Å². The van der Waals surface area contributed by atoms with Crippen LogP contribution in [0.1, 0.15) is 49.7 Å². The highest BCUT2D eigenvalue weighted by Gasteiger charge is 2.31. The number of alkyl halides is 3. The highest BCUT2D eigenvalue weighted by Crippen LogP contribution is 2.29. The van der Waals surface area contributed by atoms with E-state index in [1.54, 1.807) is 7.11 Å². The van der Waals surface area contributed by atoms with Gasteiger partial charge in [0.2, 0.25) is 35.6 Å². The molecule has 2 aromatic heterocycles. The third-order valence-corrected chi connectivity index (χ3v) is 11.8. The van der Waals surface area contributed by atoms with Gasteiger partial charge in [0.15, 0.2) is 11.6 Å². The molecule has 4 N–H and O–H groups in total. The summed E-state index contributed by atoms with van der Waals surface area (Å²) >= 11 is 0. The molecule has 0 spiro atoms. The Balaban J connectivity index is 0.756. The number of piperidine rings is 2. The monoisotopic (exact) mass is 1030 g/mol. The van der Waals surface area contributed by atoms with E-state index in [0.29, 0.717) is 76.3 Å². The van der Waals surface area contributed by atoms with Gasteiger partial charge in [-0.1, -0.05) is 36.4 Å². The Bertz CT molecular complexity index is 2800. The Morgan fingerprint density at radius 1 is 0.595 bits per heavy atom. The van der Waals surface area contributed by atoms with Crippen molar-refractivity contribution >= 4 is 58.4 Å². The van der Waals surface area contributed by atoms with Gasteiger partial charge in [0.05, 0.1) is 54.8 Å². The molecule has 0 saturated carbocycles. The van der Waals surface area contributed by atoms with E-state index in [-0.39, 0.29) is 72.1 Å². The summed E-state index contributed by atoms with van der Waals surface area (Å²) in [5.41, 5.74) is 1.39. The van der Waals surface area contributed by atoms with Crippen molar-refractivity contribution in [3.8, 4) is 11.5 Å². The van der Waals surface area contributed by atoms with Crippen LogP contribution in [0.4, 0.5) is 68.5 Å². The number of nitrogens with zero attached hydrogens (tertiary/aromatic N) is 8. The molecule has 0 bridgehead atoms. The first kappa shape index (κ1) is 52.5. The summed E-state index contributed by atoms with van der Waals surface area (Å²) in [4.78, 5) is 55.6. The first-order valence-electron chi connectivity index (χ1n) is 23.7. The van der Waals surface area contributed by atoms with Gasteiger partial charge in [-0.3, -0.25) is 9.59 Å². The first-order valence-corrected chi connectivity index (χ1v) is 23.7. The summed E-state index contributed by atoms with van der Waals surface area (Å²) in [5, 5.41) is 10.7. The molecule has 2 aliphatic heterocycles. The van der Waals surface area contributed by atoms with Crippen LogP contribution in [0.15, 0.2) is 97.6 Å². The maximum atomic E-state index is 15.7. The molecule has 4 aromatic carbocycles. The van der Waals surface area contributed by atoms with Crippen molar-refractivity contribution in [2.24, 2.45) is 0 Å². The van der Waals surface area contributed by atoms with Crippen LogP contribution in [0.5, 0.6) is 11.5 Å². The highest BCUT2D eigenvalue weighted by atomic mass is 19.4. The van der Waals surface area contributed by atoms with E-state index in [2.05, 4.69) is 55.9 Å². The number of hydrogen-bond donors (Lipinski definition) is 4. The maximum absolute atomic E-state index is 15.7. The molecule has 8 rings (SSSR count). The van der Waals surface area contributed by atoms with Crippen molar-refractivity contribution in [2.45, 2.75) is 70.3 Å². The molecule has 4 heterocycles. The number of rotatable bonds is 22. The van der Waals surface area contributed by atoms with E-state index in [0.717, 1.165) is 24.2 Å². The smallest absolute Gasteiger partial charge is 0.491 e. The number of nitrogens with one attached hydrogen (secondary N) is 4. The molecule has 19 nitrogen and oxygen atoms in total. The van der Waals surface area contributed by atoms with Crippen LogP contribution in [0.2, 0.25) is 0 Å². The van der Waals surface area contributed by atoms with E-state index in [1.807, 2.05) is 34.1 Å². The van der Waals surface area contributed by atoms with Crippen LogP contribution in [-0.4, -0.2) is 107 Å². The van der Waals surface area contributed by atoms with Crippen LogP contribution in [0, 0.1) is 11.6 Å². The Morgan fingerprint density at radius 2 is 1.03 bits per heavy atom. The number of hydrogen-bond acceptors (Lipinski definition) is 17. The Labute approximate surface area is 422 Å². The quantitative estimate of drug-likeness (QED) is 0.0371. The van der Waals surface area contributed by atoms with Gasteiger partial charge < -0.3 is 54.8 Å². The van der Waals surface area contributed by atoms with Crippen molar-refractivity contribution in [3.05, 3.63) is 120 Å². The lowest BCUT2D eigenvalue weighted by atomic mass is 10.1. The van der Waals surface area contributed by atoms with Crippen LogP contribution in [0.3, 0.4) is 0 Å². The second-order valence-electron chi connectivity index (χ2n) is 17.1. The molecular formula is C50H53F5N12O7. The highest BCUT2D eigenvalue weighted by molar-refractivity contribution is 5.97. The zero-order valence-corrected chi connectivity index (χ0v) is 40.1. The standard InChI is InChI=1S/C50H53F5N12O7/c1-70-26-27-71-34-12-8-32(9-13-34)28-72-35-18-22-66(23-19-35)48-58-30-56-46(64-48)62-40-6-2-4-38(44(40)51)60-42(68)16-17-43(69)61-39-5-3-7-41(45(39)52)63-47-57-31-59-49(65-47)67-24-20-36(21-25-67)73-29-33-10-14-37(15-11-33)74-50(53,54)55/h2-15,30-31,35-36H,16-29H2,1H3,(H,60,68)(H,61,69)(H,56,58,62,64)(H,57,59,63,65). The largest absolute Gasteiger partial charge is 0.573 e. The summed E-state index contributed by atoms with van der Waals surface area (Å²) in [6, 6.07) is 21.9. The van der Waals surface area contributed by atoms with Gasteiger partial charge in [0.1, 0.15) is 30.8 Å². The second kappa shape index (κ2) is 25.2. The maximum Gasteiger partial charge on any atom is 0.573 e. The van der Waals surface area contributed by atoms with E-state index in [4.69, 9.17) is 18.9 Å². The number of aromatic nitrogens is 6. The van der Waals surface area contributed by atoms with Crippen molar-refractivity contribution < 1.29 is 55.2 Å². The average molecular weight is 1030 g/mol. The summed E-state index contributed by atoms with van der Waals surface area (Å²) < 4.78 is 95.5. The van der Waals surface area contributed by atoms with Crippen LogP contribution < -0.4 is 40.5 Å². The summed E-state index contributed by atoms with van der Waals surface area (Å²) in [6.45, 7) is 4.02. The Hall–Kier alpha value is -7.83. The lowest BCUT2D eigenvalue weighted by Crippen LogP contribution is -2.38. The van der Waals surface area contributed by atoms with Gasteiger partial charge in [-0.15, -0.1) is 13.2 Å². The van der Waals surface area contributed by atoms with E-state index >= 15 is 8.78 Å². The van der Waals surface area contributed by atoms with Gasteiger partial charge in [-0.05, 0) is 85.3 Å². The molecule has 2 saturated heterocycles. The van der Waals surface area contributed by atoms with Gasteiger partial charge in [-0.25, -0.2) is 28.7 Å². The molecule has 2 amide bonds. The van der Waals surface area contributed by atoms with Crippen LogP contribution >= 0.6 is 0 Å². The number of amides is 2. The van der Waals surface area contributed by atoms with Gasteiger partial charge in [-0.2, -0.15) is 9.97 Å². The topological polar surface area (TPSA) is 212 Å². The fourth-order valence-corrected chi connectivity index (χ4v) is 7.93. The Morgan fingerprint density at radius 3 is 1.46 bits per heavy atom. The first-order chi connectivity index (χ1) is 35.8. The minimum absolute atomic E-state index is 0.00406. The summed E-state index contributed by atoms with van der Waals surface area (Å²) in [5.74, 6) is -1.54. The number of carbonyl (C=O) groups excluding carboxylic acids is 2. The molecular weight excluding hydrogens is 976 g/mol. The summed E-state index contributed by atoms with van der Waals surface area (Å²) in [7, 11) is 1.63. The van der Waals surface area contributed by atoms with Gasteiger partial charge in [0, 0.05) is 46.1 Å². The minimum atomic E-state index is -4.77. The fraction of sp³-hybridized carbons (Fsp3) is 0.360. The molecule has 0 radical (unpaired) electrons. The third kappa shape index (κ3) is 15.3. The van der Waals surface area contributed by atoms with Crippen molar-refractivity contribution in [1.29, 1.82) is 0 Å². The number of halogens is 5. The Kier molecular flexibility index (Phi) is 17.9. The molecule has 2 aliphatic rings.